The second-order valence-electron chi connectivity index (χ2n) is 4.45. The van der Waals surface area contributed by atoms with Gasteiger partial charge in [-0.15, -0.1) is 0 Å². The van der Waals surface area contributed by atoms with E-state index in [-0.39, 0.29) is 11.8 Å². The second kappa shape index (κ2) is 6.08. The molecule has 0 aromatic carbocycles. The lowest BCUT2D eigenvalue weighted by molar-refractivity contribution is -0.121. The first-order valence-electron chi connectivity index (χ1n) is 5.71. The topological polar surface area (TPSA) is 64.3 Å². The Labute approximate surface area is 91.5 Å². The lowest BCUT2D eigenvalue weighted by Crippen LogP contribution is -2.41. The molecule has 4 heteroatoms. The van der Waals surface area contributed by atoms with Crippen LogP contribution in [-0.2, 0) is 9.53 Å². The van der Waals surface area contributed by atoms with Crippen LogP contribution in [0.2, 0.25) is 0 Å². The third kappa shape index (κ3) is 4.18. The Hall–Kier alpha value is -0.610. The van der Waals surface area contributed by atoms with Gasteiger partial charge in [-0.1, -0.05) is 6.92 Å². The third-order valence-electron chi connectivity index (χ3n) is 3.20. The first kappa shape index (κ1) is 12.5. The molecule has 0 aromatic rings. The van der Waals surface area contributed by atoms with E-state index in [1.165, 1.54) is 0 Å². The molecule has 0 saturated carbocycles. The summed E-state index contributed by atoms with van der Waals surface area (Å²) in [6.07, 6.45) is 2.22. The minimum Gasteiger partial charge on any atom is -0.381 e. The number of carbonyl (C=O) groups excluding carboxylic acids is 1. The van der Waals surface area contributed by atoms with Crippen LogP contribution in [0.4, 0.5) is 0 Å². The van der Waals surface area contributed by atoms with Crippen LogP contribution in [0.15, 0.2) is 0 Å². The van der Waals surface area contributed by atoms with E-state index < -0.39 is 0 Å². The van der Waals surface area contributed by atoms with Crippen molar-refractivity contribution in [3.63, 3.8) is 0 Å². The standard InChI is InChI=1S/C11H22N2O2/c1-8(11(12)14)7-13-9(2)10-3-5-15-6-4-10/h8-10,13H,3-7H2,1-2H3,(H2,12,14). The zero-order valence-electron chi connectivity index (χ0n) is 9.66. The van der Waals surface area contributed by atoms with Gasteiger partial charge in [-0.25, -0.2) is 0 Å². The van der Waals surface area contributed by atoms with Gasteiger partial charge < -0.3 is 15.8 Å². The molecule has 0 aromatic heterocycles. The summed E-state index contributed by atoms with van der Waals surface area (Å²) in [7, 11) is 0. The van der Waals surface area contributed by atoms with E-state index in [1.807, 2.05) is 6.92 Å². The lowest BCUT2D eigenvalue weighted by atomic mass is 9.92. The summed E-state index contributed by atoms with van der Waals surface area (Å²) < 4.78 is 5.31. The van der Waals surface area contributed by atoms with Crippen molar-refractivity contribution in [2.24, 2.45) is 17.6 Å². The van der Waals surface area contributed by atoms with Crippen molar-refractivity contribution in [3.8, 4) is 0 Å². The molecule has 1 amide bonds. The van der Waals surface area contributed by atoms with E-state index in [1.54, 1.807) is 0 Å². The van der Waals surface area contributed by atoms with Gasteiger partial charge >= 0.3 is 0 Å². The van der Waals surface area contributed by atoms with Gasteiger partial charge in [-0.3, -0.25) is 4.79 Å². The van der Waals surface area contributed by atoms with E-state index >= 15 is 0 Å². The average molecular weight is 214 g/mol. The molecule has 2 unspecified atom stereocenters. The summed E-state index contributed by atoms with van der Waals surface area (Å²) in [6, 6.07) is 0.440. The van der Waals surface area contributed by atoms with Crippen molar-refractivity contribution in [1.82, 2.24) is 5.32 Å². The van der Waals surface area contributed by atoms with Gasteiger partial charge in [0.1, 0.15) is 0 Å². The molecule has 1 fully saturated rings. The molecule has 0 spiro atoms. The van der Waals surface area contributed by atoms with Gasteiger partial charge in [0.2, 0.25) is 5.91 Å². The number of carbonyl (C=O) groups is 1. The lowest BCUT2D eigenvalue weighted by Gasteiger charge is -2.29. The first-order valence-corrected chi connectivity index (χ1v) is 5.71. The number of hydrogen-bond donors (Lipinski definition) is 2. The largest absolute Gasteiger partial charge is 0.381 e. The quantitative estimate of drug-likeness (QED) is 0.701. The molecule has 1 aliphatic heterocycles. The Balaban J connectivity index is 2.22. The molecular weight excluding hydrogens is 192 g/mol. The van der Waals surface area contributed by atoms with Gasteiger partial charge in [0, 0.05) is 31.7 Å². The van der Waals surface area contributed by atoms with E-state index in [0.29, 0.717) is 18.5 Å². The van der Waals surface area contributed by atoms with Gasteiger partial charge in [-0.05, 0) is 25.7 Å². The molecule has 88 valence electrons. The Kier molecular flexibility index (Phi) is 5.05. The summed E-state index contributed by atoms with van der Waals surface area (Å²) in [5, 5.41) is 3.38. The van der Waals surface area contributed by atoms with E-state index in [9.17, 15) is 4.79 Å². The van der Waals surface area contributed by atoms with Crippen molar-refractivity contribution < 1.29 is 9.53 Å². The van der Waals surface area contributed by atoms with E-state index in [4.69, 9.17) is 10.5 Å². The Morgan fingerprint density at radius 3 is 2.60 bits per heavy atom. The molecule has 1 heterocycles. The molecule has 4 nitrogen and oxygen atoms in total. The SMILES string of the molecule is CC(CNC(C)C1CCOCC1)C(N)=O. The van der Waals surface area contributed by atoms with Crippen LogP contribution < -0.4 is 11.1 Å². The number of amides is 1. The molecule has 2 atom stereocenters. The molecule has 0 radical (unpaired) electrons. The zero-order chi connectivity index (χ0) is 11.3. The fourth-order valence-electron chi connectivity index (χ4n) is 1.85. The smallest absolute Gasteiger partial charge is 0.221 e. The molecule has 15 heavy (non-hydrogen) atoms. The van der Waals surface area contributed by atoms with Crippen molar-refractivity contribution in [1.29, 1.82) is 0 Å². The van der Waals surface area contributed by atoms with Crippen molar-refractivity contribution in [2.45, 2.75) is 32.7 Å². The minimum atomic E-state index is -0.235. The highest BCUT2D eigenvalue weighted by Gasteiger charge is 2.20. The van der Waals surface area contributed by atoms with E-state index in [2.05, 4.69) is 12.2 Å². The number of hydrogen-bond acceptors (Lipinski definition) is 3. The van der Waals surface area contributed by atoms with Gasteiger partial charge in [0.15, 0.2) is 0 Å². The van der Waals surface area contributed by atoms with Crippen LogP contribution >= 0.6 is 0 Å². The number of ether oxygens (including phenoxy) is 1. The molecule has 1 rings (SSSR count). The minimum absolute atomic E-state index is 0.0905. The van der Waals surface area contributed by atoms with Crippen molar-refractivity contribution in [2.75, 3.05) is 19.8 Å². The van der Waals surface area contributed by atoms with Crippen LogP contribution in [0.25, 0.3) is 0 Å². The molecule has 1 saturated heterocycles. The van der Waals surface area contributed by atoms with Gasteiger partial charge in [-0.2, -0.15) is 0 Å². The monoisotopic (exact) mass is 214 g/mol. The zero-order valence-corrected chi connectivity index (χ0v) is 9.66. The Bertz CT molecular complexity index is 203. The molecule has 0 bridgehead atoms. The molecule has 3 N–H and O–H groups in total. The fraction of sp³-hybridized carbons (Fsp3) is 0.909. The van der Waals surface area contributed by atoms with Crippen LogP contribution in [0, 0.1) is 11.8 Å². The number of rotatable bonds is 5. The van der Waals surface area contributed by atoms with Crippen molar-refractivity contribution in [3.05, 3.63) is 0 Å². The average Bonchev–Trinajstić information content (AvgIpc) is 2.26. The van der Waals surface area contributed by atoms with E-state index in [0.717, 1.165) is 26.1 Å². The predicted molar refractivity (Wildman–Crippen MR) is 59.4 cm³/mol. The molecule has 1 aliphatic rings. The highest BCUT2D eigenvalue weighted by molar-refractivity contribution is 5.76. The third-order valence-corrected chi connectivity index (χ3v) is 3.20. The second-order valence-corrected chi connectivity index (χ2v) is 4.45. The normalized spacial score (nSPS) is 22.3. The highest BCUT2D eigenvalue weighted by atomic mass is 16.5. The first-order chi connectivity index (χ1) is 7.11. The molecule has 0 aliphatic carbocycles. The van der Waals surface area contributed by atoms with Crippen LogP contribution in [0.3, 0.4) is 0 Å². The Morgan fingerprint density at radius 2 is 2.07 bits per heavy atom. The summed E-state index contributed by atoms with van der Waals surface area (Å²) in [6.45, 7) is 6.42. The number of nitrogens with two attached hydrogens (primary N) is 1. The van der Waals surface area contributed by atoms with Crippen LogP contribution in [0.5, 0.6) is 0 Å². The maximum Gasteiger partial charge on any atom is 0.221 e. The van der Waals surface area contributed by atoms with Crippen LogP contribution in [0.1, 0.15) is 26.7 Å². The predicted octanol–water partition coefficient (Wildman–Crippen LogP) is 0.513. The molecular formula is C11H22N2O2. The summed E-state index contributed by atoms with van der Waals surface area (Å²) in [5.74, 6) is 0.341. The number of nitrogens with one attached hydrogen (secondary N) is 1. The fourth-order valence-corrected chi connectivity index (χ4v) is 1.85. The van der Waals surface area contributed by atoms with Gasteiger partial charge in [0.05, 0.1) is 0 Å². The summed E-state index contributed by atoms with van der Waals surface area (Å²) >= 11 is 0. The summed E-state index contributed by atoms with van der Waals surface area (Å²) in [4.78, 5) is 10.9. The highest BCUT2D eigenvalue weighted by Crippen LogP contribution is 2.18. The Morgan fingerprint density at radius 1 is 1.47 bits per heavy atom. The van der Waals surface area contributed by atoms with Crippen molar-refractivity contribution >= 4 is 5.91 Å². The van der Waals surface area contributed by atoms with Crippen LogP contribution in [-0.4, -0.2) is 31.7 Å². The maximum absolute atomic E-state index is 10.9. The number of primary amides is 1. The van der Waals surface area contributed by atoms with Gasteiger partial charge in [0.25, 0.3) is 0 Å². The summed E-state index contributed by atoms with van der Waals surface area (Å²) in [5.41, 5.74) is 5.20. The maximum atomic E-state index is 10.9.